The summed E-state index contributed by atoms with van der Waals surface area (Å²) in [6.07, 6.45) is 1.50. The Bertz CT molecular complexity index is 1120. The maximum absolute atomic E-state index is 13.5. The molecule has 1 aromatic heterocycles. The second-order valence-electron chi connectivity index (χ2n) is 6.81. The van der Waals surface area contributed by atoms with E-state index < -0.39 is 5.82 Å². The van der Waals surface area contributed by atoms with E-state index in [-0.39, 0.29) is 16.8 Å². The molecule has 148 valence electrons. The van der Waals surface area contributed by atoms with Gasteiger partial charge in [-0.15, -0.1) is 0 Å². The van der Waals surface area contributed by atoms with Crippen LogP contribution in [0.5, 0.6) is 0 Å². The second kappa shape index (κ2) is 8.24. The molecule has 0 aliphatic carbocycles. The molecule has 2 heterocycles. The van der Waals surface area contributed by atoms with Crippen molar-refractivity contribution in [2.24, 2.45) is 5.11 Å². The fraction of sp³-hybridized carbons (Fsp3) is 0.190. The first kappa shape index (κ1) is 18.8. The van der Waals surface area contributed by atoms with E-state index in [0.717, 1.165) is 37.6 Å². The van der Waals surface area contributed by atoms with Gasteiger partial charge in [-0.2, -0.15) is 5.11 Å². The van der Waals surface area contributed by atoms with Crippen LogP contribution in [0.4, 0.5) is 15.8 Å². The number of hydrogen-bond donors (Lipinski definition) is 4. The van der Waals surface area contributed by atoms with Gasteiger partial charge >= 0.3 is 0 Å². The Morgan fingerprint density at radius 3 is 2.62 bits per heavy atom. The Labute approximate surface area is 166 Å². The molecule has 0 radical (unpaired) electrons. The molecule has 1 aliphatic heterocycles. The molecule has 1 aliphatic rings. The molecule has 0 unspecified atom stereocenters. The van der Waals surface area contributed by atoms with E-state index in [2.05, 4.69) is 25.6 Å². The van der Waals surface area contributed by atoms with Crippen molar-refractivity contribution in [2.75, 3.05) is 36.4 Å². The first-order valence-corrected chi connectivity index (χ1v) is 9.37. The zero-order valence-electron chi connectivity index (χ0n) is 15.7. The van der Waals surface area contributed by atoms with Gasteiger partial charge in [-0.1, -0.05) is 0 Å². The molecule has 7 nitrogen and oxygen atoms in total. The van der Waals surface area contributed by atoms with Crippen molar-refractivity contribution in [1.29, 1.82) is 5.53 Å². The Hall–Kier alpha value is -3.52. The van der Waals surface area contributed by atoms with E-state index in [9.17, 15) is 9.18 Å². The molecule has 1 saturated heterocycles. The largest absolute Gasteiger partial charge is 0.369 e. The van der Waals surface area contributed by atoms with Crippen molar-refractivity contribution < 1.29 is 4.39 Å². The SMILES string of the molecule is N=N/C(=C\Nc1ccc(N2CCNCC2)cc1)c1cc2cc(F)ccc2[nH]c1=O. The average Bonchev–Trinajstić information content (AvgIpc) is 2.76. The molecule has 0 bridgehead atoms. The highest BCUT2D eigenvalue weighted by Crippen LogP contribution is 2.21. The van der Waals surface area contributed by atoms with Crippen LogP contribution < -0.4 is 21.1 Å². The van der Waals surface area contributed by atoms with Crippen molar-refractivity contribution in [3.63, 3.8) is 0 Å². The number of anilines is 2. The van der Waals surface area contributed by atoms with E-state index in [1.165, 1.54) is 30.5 Å². The van der Waals surface area contributed by atoms with Gasteiger partial charge in [-0.05, 0) is 48.5 Å². The first-order chi connectivity index (χ1) is 14.1. The quantitative estimate of drug-likeness (QED) is 0.500. The zero-order valence-corrected chi connectivity index (χ0v) is 15.7. The molecule has 4 rings (SSSR count). The minimum Gasteiger partial charge on any atom is -0.369 e. The van der Waals surface area contributed by atoms with Gasteiger partial charge in [0, 0.05) is 54.7 Å². The van der Waals surface area contributed by atoms with Crippen LogP contribution in [0.15, 0.2) is 64.6 Å². The molecular formula is C21H21FN6O. The monoisotopic (exact) mass is 392 g/mol. The van der Waals surface area contributed by atoms with Crippen LogP contribution in [-0.2, 0) is 0 Å². The minimum absolute atomic E-state index is 0.156. The van der Waals surface area contributed by atoms with Crippen molar-refractivity contribution in [3.8, 4) is 0 Å². The van der Waals surface area contributed by atoms with Crippen LogP contribution >= 0.6 is 0 Å². The maximum Gasteiger partial charge on any atom is 0.258 e. The summed E-state index contributed by atoms with van der Waals surface area (Å²) in [6, 6.07) is 13.6. The van der Waals surface area contributed by atoms with Gasteiger partial charge in [-0.25, -0.2) is 9.92 Å². The molecule has 0 spiro atoms. The number of aromatic amines is 1. The summed E-state index contributed by atoms with van der Waals surface area (Å²) < 4.78 is 13.5. The van der Waals surface area contributed by atoms with Crippen LogP contribution in [-0.4, -0.2) is 31.2 Å². The lowest BCUT2D eigenvalue weighted by Crippen LogP contribution is -2.43. The molecular weight excluding hydrogens is 371 g/mol. The fourth-order valence-electron chi connectivity index (χ4n) is 3.38. The standard InChI is InChI=1S/C21H21FN6O/c22-15-1-6-19-14(11-15)12-18(21(29)26-19)20(27-23)13-25-16-2-4-17(5-3-16)28-9-7-24-8-10-28/h1-6,11-13,23-25H,7-10H2,(H,26,29)/b20-13-,27-23?. The first-order valence-electron chi connectivity index (χ1n) is 9.37. The number of nitrogens with zero attached hydrogens (tertiary/aromatic N) is 2. The van der Waals surface area contributed by atoms with E-state index in [1.807, 2.05) is 24.3 Å². The summed E-state index contributed by atoms with van der Waals surface area (Å²) in [4.78, 5) is 17.4. The summed E-state index contributed by atoms with van der Waals surface area (Å²) >= 11 is 0. The number of halogens is 1. The summed E-state index contributed by atoms with van der Waals surface area (Å²) in [5.74, 6) is -0.397. The fourth-order valence-corrected chi connectivity index (χ4v) is 3.38. The number of H-pyrrole nitrogens is 1. The third-order valence-electron chi connectivity index (χ3n) is 4.93. The van der Waals surface area contributed by atoms with Crippen LogP contribution in [0, 0.1) is 11.3 Å². The highest BCUT2D eigenvalue weighted by Gasteiger charge is 2.11. The van der Waals surface area contributed by atoms with E-state index in [0.29, 0.717) is 10.9 Å². The number of benzene rings is 2. The number of piperazine rings is 1. The van der Waals surface area contributed by atoms with E-state index in [4.69, 9.17) is 5.53 Å². The van der Waals surface area contributed by atoms with Gasteiger partial charge in [0.05, 0.1) is 5.56 Å². The highest BCUT2D eigenvalue weighted by molar-refractivity contribution is 5.82. The molecule has 0 amide bonds. The van der Waals surface area contributed by atoms with Gasteiger partial charge in [0.25, 0.3) is 5.56 Å². The molecule has 3 aromatic rings. The Kier molecular flexibility index (Phi) is 5.35. The second-order valence-corrected chi connectivity index (χ2v) is 6.81. The van der Waals surface area contributed by atoms with E-state index >= 15 is 0 Å². The lowest BCUT2D eigenvalue weighted by Gasteiger charge is -2.29. The van der Waals surface area contributed by atoms with Crippen molar-refractivity contribution in [2.45, 2.75) is 0 Å². The number of nitrogens with one attached hydrogen (secondary N) is 4. The zero-order chi connectivity index (χ0) is 20.2. The van der Waals surface area contributed by atoms with Crippen LogP contribution in [0.3, 0.4) is 0 Å². The molecule has 0 saturated carbocycles. The Balaban J connectivity index is 1.56. The minimum atomic E-state index is -0.397. The van der Waals surface area contributed by atoms with Crippen molar-refractivity contribution in [3.05, 3.63) is 76.5 Å². The van der Waals surface area contributed by atoms with Crippen LogP contribution in [0.2, 0.25) is 0 Å². The summed E-state index contributed by atoms with van der Waals surface area (Å²) in [7, 11) is 0. The predicted octanol–water partition coefficient (Wildman–Crippen LogP) is 3.52. The topological polar surface area (TPSA) is 96.4 Å². The Morgan fingerprint density at radius 2 is 1.90 bits per heavy atom. The number of rotatable bonds is 5. The molecule has 1 fully saturated rings. The summed E-state index contributed by atoms with van der Waals surface area (Å²) in [6.45, 7) is 3.89. The van der Waals surface area contributed by atoms with Crippen LogP contribution in [0.1, 0.15) is 5.56 Å². The van der Waals surface area contributed by atoms with Gasteiger partial charge < -0.3 is 20.5 Å². The van der Waals surface area contributed by atoms with Crippen LogP contribution in [0.25, 0.3) is 16.6 Å². The third kappa shape index (κ3) is 4.17. The number of aromatic nitrogens is 1. The lowest BCUT2D eigenvalue weighted by molar-refractivity contribution is 0.589. The Morgan fingerprint density at radius 1 is 1.14 bits per heavy atom. The molecule has 29 heavy (non-hydrogen) atoms. The normalized spacial score (nSPS) is 14.8. The smallest absolute Gasteiger partial charge is 0.258 e. The van der Waals surface area contributed by atoms with Gasteiger partial charge in [0.1, 0.15) is 11.5 Å². The number of fused-ring (bicyclic) bond motifs is 1. The van der Waals surface area contributed by atoms with Crippen molar-refractivity contribution in [1.82, 2.24) is 10.3 Å². The number of hydrogen-bond acceptors (Lipinski definition) is 6. The van der Waals surface area contributed by atoms with Gasteiger partial charge in [0.2, 0.25) is 0 Å². The van der Waals surface area contributed by atoms with Gasteiger partial charge in [-0.3, -0.25) is 4.79 Å². The average molecular weight is 392 g/mol. The van der Waals surface area contributed by atoms with E-state index in [1.54, 1.807) is 0 Å². The molecule has 4 N–H and O–H groups in total. The summed E-state index contributed by atoms with van der Waals surface area (Å²) in [5, 5.41) is 10.4. The van der Waals surface area contributed by atoms with Gasteiger partial charge in [0.15, 0.2) is 0 Å². The maximum atomic E-state index is 13.5. The summed E-state index contributed by atoms with van der Waals surface area (Å²) in [5.41, 5.74) is 9.92. The highest BCUT2D eigenvalue weighted by atomic mass is 19.1. The lowest BCUT2D eigenvalue weighted by atomic mass is 10.1. The van der Waals surface area contributed by atoms with Crippen molar-refractivity contribution >= 4 is 28.0 Å². The third-order valence-corrected chi connectivity index (χ3v) is 4.93. The molecule has 2 aromatic carbocycles. The molecule has 0 atom stereocenters. The number of pyridine rings is 1. The molecule has 8 heteroatoms. The predicted molar refractivity (Wildman–Crippen MR) is 113 cm³/mol.